The predicted octanol–water partition coefficient (Wildman–Crippen LogP) is 2.67. The molecule has 0 unspecified atom stereocenters. The van der Waals surface area contributed by atoms with Gasteiger partial charge in [-0.15, -0.1) is 0 Å². The van der Waals surface area contributed by atoms with Crippen LogP contribution in [-0.4, -0.2) is 29.3 Å². The Morgan fingerprint density at radius 2 is 2.22 bits per heavy atom. The van der Waals surface area contributed by atoms with Gasteiger partial charge in [-0.05, 0) is 29.7 Å². The smallest absolute Gasteiger partial charge is 0.352 e. The molecule has 2 N–H and O–H groups in total. The average Bonchev–Trinajstić information content (AvgIpc) is 2.82. The standard InChI is InChI=1S/C14H13NO3/c16-14(17)13-8-11-2-1-10(7-12(11)15-13)9-3-5-18-6-4-9/h1-3,7-8,15H,4-6H2,(H,16,17). The summed E-state index contributed by atoms with van der Waals surface area (Å²) in [7, 11) is 0. The molecule has 92 valence electrons. The number of aromatic nitrogens is 1. The molecule has 1 aromatic carbocycles. The second-order valence-electron chi connectivity index (χ2n) is 4.34. The first kappa shape index (κ1) is 11.0. The van der Waals surface area contributed by atoms with Gasteiger partial charge >= 0.3 is 5.97 Å². The lowest BCUT2D eigenvalue weighted by molar-refractivity contribution is 0.0691. The fraction of sp³-hybridized carbons (Fsp3) is 0.214. The van der Waals surface area contributed by atoms with Gasteiger partial charge in [0.15, 0.2) is 0 Å². The van der Waals surface area contributed by atoms with E-state index < -0.39 is 5.97 Å². The summed E-state index contributed by atoms with van der Waals surface area (Å²) in [5, 5.41) is 9.86. The highest BCUT2D eigenvalue weighted by Crippen LogP contribution is 2.25. The maximum atomic E-state index is 10.9. The van der Waals surface area contributed by atoms with Gasteiger partial charge in [-0.25, -0.2) is 4.79 Å². The third kappa shape index (κ3) is 1.91. The molecule has 1 aliphatic heterocycles. The Hall–Kier alpha value is -2.07. The molecule has 2 aromatic rings. The minimum Gasteiger partial charge on any atom is -0.477 e. The van der Waals surface area contributed by atoms with Crippen LogP contribution in [-0.2, 0) is 4.74 Å². The lowest BCUT2D eigenvalue weighted by Crippen LogP contribution is -2.03. The number of ether oxygens (including phenoxy) is 1. The maximum Gasteiger partial charge on any atom is 0.352 e. The minimum absolute atomic E-state index is 0.225. The summed E-state index contributed by atoms with van der Waals surface area (Å²) in [6, 6.07) is 7.63. The summed E-state index contributed by atoms with van der Waals surface area (Å²) in [6.45, 7) is 1.40. The first-order valence-corrected chi connectivity index (χ1v) is 5.87. The molecule has 0 aliphatic carbocycles. The van der Waals surface area contributed by atoms with Crippen molar-refractivity contribution in [3.63, 3.8) is 0 Å². The van der Waals surface area contributed by atoms with Crippen LogP contribution in [0.2, 0.25) is 0 Å². The molecule has 0 saturated heterocycles. The Morgan fingerprint density at radius 1 is 1.33 bits per heavy atom. The Labute approximate surface area is 104 Å². The summed E-state index contributed by atoms with van der Waals surface area (Å²) in [5.41, 5.74) is 3.47. The van der Waals surface area contributed by atoms with Crippen molar-refractivity contribution < 1.29 is 14.6 Å². The first-order valence-electron chi connectivity index (χ1n) is 5.87. The molecule has 1 aliphatic rings. The quantitative estimate of drug-likeness (QED) is 0.852. The molecule has 0 bridgehead atoms. The van der Waals surface area contributed by atoms with E-state index in [1.165, 1.54) is 5.57 Å². The summed E-state index contributed by atoms with van der Waals surface area (Å²) < 4.78 is 5.28. The molecular formula is C14H13NO3. The van der Waals surface area contributed by atoms with Crippen LogP contribution < -0.4 is 0 Å². The number of fused-ring (bicyclic) bond motifs is 1. The van der Waals surface area contributed by atoms with E-state index in [4.69, 9.17) is 9.84 Å². The third-order valence-electron chi connectivity index (χ3n) is 3.19. The molecule has 18 heavy (non-hydrogen) atoms. The molecule has 0 spiro atoms. The van der Waals surface area contributed by atoms with E-state index in [0.29, 0.717) is 6.61 Å². The van der Waals surface area contributed by atoms with Gasteiger partial charge in [-0.2, -0.15) is 0 Å². The Bertz CT molecular complexity index is 640. The molecule has 0 amide bonds. The van der Waals surface area contributed by atoms with E-state index in [-0.39, 0.29) is 5.69 Å². The van der Waals surface area contributed by atoms with Crippen LogP contribution in [0.4, 0.5) is 0 Å². The highest BCUT2D eigenvalue weighted by molar-refractivity contribution is 5.94. The van der Waals surface area contributed by atoms with E-state index in [1.54, 1.807) is 6.07 Å². The Morgan fingerprint density at radius 3 is 2.94 bits per heavy atom. The van der Waals surface area contributed by atoms with Gasteiger partial charge in [0, 0.05) is 10.9 Å². The van der Waals surface area contributed by atoms with Gasteiger partial charge in [0.1, 0.15) is 5.69 Å². The number of hydrogen-bond acceptors (Lipinski definition) is 2. The van der Waals surface area contributed by atoms with Crippen molar-refractivity contribution in [2.45, 2.75) is 6.42 Å². The van der Waals surface area contributed by atoms with Crippen LogP contribution in [0.25, 0.3) is 16.5 Å². The number of aromatic amines is 1. The fourth-order valence-corrected chi connectivity index (χ4v) is 2.23. The van der Waals surface area contributed by atoms with Gasteiger partial charge in [0.25, 0.3) is 0 Å². The second kappa shape index (κ2) is 4.31. The second-order valence-corrected chi connectivity index (χ2v) is 4.34. The average molecular weight is 243 g/mol. The minimum atomic E-state index is -0.932. The molecule has 0 atom stereocenters. The molecule has 4 heteroatoms. The van der Waals surface area contributed by atoms with Crippen LogP contribution in [0, 0.1) is 0 Å². The highest BCUT2D eigenvalue weighted by Gasteiger charge is 2.10. The van der Waals surface area contributed by atoms with E-state index in [1.807, 2.05) is 18.2 Å². The maximum absolute atomic E-state index is 10.9. The van der Waals surface area contributed by atoms with E-state index >= 15 is 0 Å². The molecule has 1 aromatic heterocycles. The van der Waals surface area contributed by atoms with Gasteiger partial charge in [-0.1, -0.05) is 18.2 Å². The summed E-state index contributed by atoms with van der Waals surface area (Å²) >= 11 is 0. The predicted molar refractivity (Wildman–Crippen MR) is 68.7 cm³/mol. The largest absolute Gasteiger partial charge is 0.477 e. The van der Waals surface area contributed by atoms with E-state index in [2.05, 4.69) is 11.1 Å². The fourth-order valence-electron chi connectivity index (χ4n) is 2.23. The lowest BCUT2D eigenvalue weighted by Gasteiger charge is -2.13. The first-order chi connectivity index (χ1) is 8.74. The summed E-state index contributed by atoms with van der Waals surface area (Å²) in [4.78, 5) is 13.8. The molecule has 3 rings (SSSR count). The summed E-state index contributed by atoms with van der Waals surface area (Å²) in [5.74, 6) is -0.932. The summed E-state index contributed by atoms with van der Waals surface area (Å²) in [6.07, 6.45) is 2.98. The number of hydrogen-bond donors (Lipinski definition) is 2. The van der Waals surface area contributed by atoms with Crippen LogP contribution in [0.3, 0.4) is 0 Å². The van der Waals surface area contributed by atoms with Crippen LogP contribution in [0.1, 0.15) is 22.5 Å². The molecule has 4 nitrogen and oxygen atoms in total. The molecular weight excluding hydrogens is 230 g/mol. The van der Waals surface area contributed by atoms with Crippen molar-refractivity contribution in [1.82, 2.24) is 4.98 Å². The SMILES string of the molecule is O=C(O)c1cc2ccc(C3=CCOCC3)cc2[nH]1. The monoisotopic (exact) mass is 243 g/mol. The van der Waals surface area contributed by atoms with Crippen molar-refractivity contribution in [2.75, 3.05) is 13.2 Å². The van der Waals surface area contributed by atoms with Crippen LogP contribution in [0.5, 0.6) is 0 Å². The normalized spacial score (nSPS) is 15.7. The zero-order valence-corrected chi connectivity index (χ0v) is 9.77. The van der Waals surface area contributed by atoms with Crippen molar-refractivity contribution in [3.8, 4) is 0 Å². The highest BCUT2D eigenvalue weighted by atomic mass is 16.5. The number of H-pyrrole nitrogens is 1. The number of nitrogens with one attached hydrogen (secondary N) is 1. The van der Waals surface area contributed by atoms with Crippen LogP contribution in [0.15, 0.2) is 30.3 Å². The van der Waals surface area contributed by atoms with Gasteiger partial charge in [0.2, 0.25) is 0 Å². The van der Waals surface area contributed by atoms with Crippen molar-refractivity contribution in [2.24, 2.45) is 0 Å². The molecule has 0 fully saturated rings. The molecule has 2 heterocycles. The van der Waals surface area contributed by atoms with Gasteiger partial charge in [-0.3, -0.25) is 0 Å². The van der Waals surface area contributed by atoms with Gasteiger partial charge in [0.05, 0.1) is 13.2 Å². The number of aromatic carboxylic acids is 1. The van der Waals surface area contributed by atoms with E-state index in [9.17, 15) is 4.79 Å². The topological polar surface area (TPSA) is 62.3 Å². The Balaban J connectivity index is 2.05. The Kier molecular flexibility index (Phi) is 2.64. The zero-order valence-electron chi connectivity index (χ0n) is 9.77. The zero-order chi connectivity index (χ0) is 12.5. The van der Waals surface area contributed by atoms with Crippen LogP contribution >= 0.6 is 0 Å². The number of carboxylic acid groups (broad SMARTS) is 1. The molecule has 0 radical (unpaired) electrons. The number of carbonyl (C=O) groups is 1. The molecule has 0 saturated carbocycles. The van der Waals surface area contributed by atoms with Crippen molar-refractivity contribution in [1.29, 1.82) is 0 Å². The number of rotatable bonds is 2. The number of benzene rings is 1. The van der Waals surface area contributed by atoms with Crippen molar-refractivity contribution in [3.05, 3.63) is 41.6 Å². The number of carboxylic acids is 1. The van der Waals surface area contributed by atoms with Crippen molar-refractivity contribution >= 4 is 22.4 Å². The lowest BCUT2D eigenvalue weighted by atomic mass is 10.0. The van der Waals surface area contributed by atoms with E-state index in [0.717, 1.165) is 29.5 Å². The van der Waals surface area contributed by atoms with Gasteiger partial charge < -0.3 is 14.8 Å². The third-order valence-corrected chi connectivity index (χ3v) is 3.19.